The molecule has 0 saturated carbocycles. The van der Waals surface area contributed by atoms with Gasteiger partial charge in [0, 0.05) is 21.2 Å². The summed E-state index contributed by atoms with van der Waals surface area (Å²) in [5.41, 5.74) is 6.03. The number of rotatable bonds is 1. The van der Waals surface area contributed by atoms with Gasteiger partial charge in [0.15, 0.2) is 0 Å². The number of anilines is 1. The summed E-state index contributed by atoms with van der Waals surface area (Å²) >= 11 is 8.11. The van der Waals surface area contributed by atoms with Crippen LogP contribution in [-0.2, 0) is 0 Å². The first kappa shape index (κ1) is 15.0. The van der Waals surface area contributed by atoms with Crippen LogP contribution < -0.4 is 5.32 Å². The summed E-state index contributed by atoms with van der Waals surface area (Å²) in [5, 5.41) is 8.69. The predicted molar refractivity (Wildman–Crippen MR) is 102 cm³/mol. The Kier molecular flexibility index (Phi) is 3.40. The van der Waals surface area contributed by atoms with Gasteiger partial charge in [-0.05, 0) is 36.3 Å². The lowest BCUT2D eigenvalue weighted by Gasteiger charge is -2.34. The van der Waals surface area contributed by atoms with E-state index >= 15 is 0 Å². The zero-order valence-corrected chi connectivity index (χ0v) is 15.1. The molecule has 1 aromatic heterocycles. The Morgan fingerprint density at radius 3 is 2.88 bits per heavy atom. The van der Waals surface area contributed by atoms with E-state index in [2.05, 4.69) is 52.7 Å². The van der Waals surface area contributed by atoms with Crippen LogP contribution in [0.1, 0.15) is 22.7 Å². The molecule has 3 heterocycles. The van der Waals surface area contributed by atoms with E-state index in [0.29, 0.717) is 0 Å². The molecule has 25 heavy (non-hydrogen) atoms. The number of nitrogens with one attached hydrogen (secondary N) is 1. The molecule has 2 aromatic carbocycles. The maximum Gasteiger partial charge on any atom is 0.226 e. The molecular formula is C19H15ClN4S. The third kappa shape index (κ3) is 2.38. The fraction of sp³-hybridized carbons (Fsp3) is 0.158. The monoisotopic (exact) mass is 366 g/mol. The number of thioether (sulfide) groups is 1. The second-order valence-electron chi connectivity index (χ2n) is 6.30. The van der Waals surface area contributed by atoms with Gasteiger partial charge in [0.25, 0.3) is 0 Å². The lowest BCUT2D eigenvalue weighted by Crippen LogP contribution is -2.27. The number of nitrogens with zero attached hydrogens (tertiary/aromatic N) is 3. The summed E-state index contributed by atoms with van der Waals surface area (Å²) < 4.78 is 1.97. The first-order chi connectivity index (χ1) is 12.2. The fourth-order valence-corrected chi connectivity index (χ4v) is 4.73. The molecule has 5 rings (SSSR count). The van der Waals surface area contributed by atoms with Crippen LogP contribution in [0.15, 0.2) is 59.3 Å². The molecular weight excluding hydrogens is 352 g/mol. The largest absolute Gasteiger partial charge is 0.324 e. The van der Waals surface area contributed by atoms with Crippen LogP contribution >= 0.6 is 23.4 Å². The van der Waals surface area contributed by atoms with Crippen LogP contribution in [0, 0.1) is 6.92 Å². The van der Waals surface area contributed by atoms with Gasteiger partial charge in [-0.15, -0.1) is 11.8 Å². The van der Waals surface area contributed by atoms with Crippen molar-refractivity contribution in [2.75, 3.05) is 11.1 Å². The van der Waals surface area contributed by atoms with E-state index in [1.165, 1.54) is 21.6 Å². The van der Waals surface area contributed by atoms with E-state index in [1.807, 2.05) is 28.6 Å². The molecule has 2 aliphatic rings. The zero-order valence-electron chi connectivity index (χ0n) is 13.5. The summed E-state index contributed by atoms with van der Waals surface area (Å²) in [6.07, 6.45) is 1.61. The Balaban J connectivity index is 1.73. The topological polar surface area (TPSA) is 42.7 Å². The van der Waals surface area contributed by atoms with Crippen molar-refractivity contribution in [3.8, 4) is 0 Å². The molecule has 1 N–H and O–H groups in total. The van der Waals surface area contributed by atoms with E-state index in [-0.39, 0.29) is 6.04 Å². The van der Waals surface area contributed by atoms with Gasteiger partial charge >= 0.3 is 0 Å². The minimum Gasteiger partial charge on any atom is -0.324 e. The molecule has 1 atom stereocenters. The van der Waals surface area contributed by atoms with Gasteiger partial charge in [0.2, 0.25) is 5.95 Å². The maximum absolute atomic E-state index is 6.26. The van der Waals surface area contributed by atoms with Gasteiger partial charge in [-0.1, -0.05) is 41.4 Å². The van der Waals surface area contributed by atoms with E-state index in [1.54, 1.807) is 6.33 Å². The second kappa shape index (κ2) is 5.64. The van der Waals surface area contributed by atoms with Crippen molar-refractivity contribution in [3.05, 3.63) is 76.1 Å². The van der Waals surface area contributed by atoms with Crippen molar-refractivity contribution in [2.45, 2.75) is 17.9 Å². The van der Waals surface area contributed by atoms with Crippen molar-refractivity contribution in [1.29, 1.82) is 0 Å². The minimum absolute atomic E-state index is 0.0500. The van der Waals surface area contributed by atoms with Gasteiger partial charge in [-0.2, -0.15) is 10.1 Å². The first-order valence-electron chi connectivity index (χ1n) is 8.09. The standard InChI is InChI=1S/C19H15ClN4S/c1-11-2-4-12(5-3-11)18-15-9-25-16-7-6-13(20)8-14(16)17(15)23-19-21-10-22-24(18)19/h2-8,10,18H,9H2,1H3,(H,21,22,23). The molecule has 3 aromatic rings. The van der Waals surface area contributed by atoms with Gasteiger partial charge in [-0.3, -0.25) is 0 Å². The lowest BCUT2D eigenvalue weighted by molar-refractivity contribution is 0.585. The van der Waals surface area contributed by atoms with Gasteiger partial charge < -0.3 is 5.32 Å². The van der Waals surface area contributed by atoms with Crippen molar-refractivity contribution >= 4 is 35.0 Å². The van der Waals surface area contributed by atoms with E-state index < -0.39 is 0 Å². The molecule has 124 valence electrons. The first-order valence-corrected chi connectivity index (χ1v) is 9.46. The quantitative estimate of drug-likeness (QED) is 0.673. The predicted octanol–water partition coefficient (Wildman–Crippen LogP) is 4.77. The summed E-state index contributed by atoms with van der Waals surface area (Å²) in [4.78, 5) is 5.65. The number of fused-ring (bicyclic) bond motifs is 3. The lowest BCUT2D eigenvalue weighted by atomic mass is 9.93. The van der Waals surface area contributed by atoms with Crippen LogP contribution in [0.25, 0.3) is 5.70 Å². The molecule has 0 amide bonds. The van der Waals surface area contributed by atoms with Gasteiger partial charge in [0.05, 0.1) is 5.70 Å². The highest BCUT2D eigenvalue weighted by Gasteiger charge is 2.34. The third-order valence-electron chi connectivity index (χ3n) is 4.69. The van der Waals surface area contributed by atoms with Crippen LogP contribution in [-0.4, -0.2) is 20.5 Å². The van der Waals surface area contributed by atoms with Crippen LogP contribution in [0.4, 0.5) is 5.95 Å². The Morgan fingerprint density at radius 2 is 2.04 bits per heavy atom. The second-order valence-corrected chi connectivity index (χ2v) is 7.75. The van der Waals surface area contributed by atoms with E-state index in [4.69, 9.17) is 11.6 Å². The van der Waals surface area contributed by atoms with Gasteiger partial charge in [0.1, 0.15) is 12.4 Å². The molecule has 0 aliphatic carbocycles. The number of hydrogen-bond acceptors (Lipinski definition) is 4. The van der Waals surface area contributed by atoms with Crippen molar-refractivity contribution < 1.29 is 0 Å². The molecule has 6 heteroatoms. The summed E-state index contributed by atoms with van der Waals surface area (Å²) in [7, 11) is 0. The highest BCUT2D eigenvalue weighted by atomic mass is 35.5. The maximum atomic E-state index is 6.26. The van der Waals surface area contributed by atoms with E-state index in [0.717, 1.165) is 28.0 Å². The fourth-order valence-electron chi connectivity index (χ4n) is 3.47. The van der Waals surface area contributed by atoms with Crippen molar-refractivity contribution in [3.63, 3.8) is 0 Å². The molecule has 4 nitrogen and oxygen atoms in total. The van der Waals surface area contributed by atoms with Crippen LogP contribution in [0.2, 0.25) is 5.02 Å². The molecule has 0 saturated heterocycles. The molecule has 2 aliphatic heterocycles. The molecule has 0 bridgehead atoms. The van der Waals surface area contributed by atoms with Crippen LogP contribution in [0.3, 0.4) is 0 Å². The Morgan fingerprint density at radius 1 is 1.20 bits per heavy atom. The Labute approximate surface area is 154 Å². The number of aromatic nitrogens is 3. The minimum atomic E-state index is 0.0500. The Bertz CT molecular complexity index is 1010. The normalized spacial score (nSPS) is 18.2. The average molecular weight is 367 g/mol. The zero-order chi connectivity index (χ0) is 17.0. The van der Waals surface area contributed by atoms with Crippen molar-refractivity contribution in [2.24, 2.45) is 0 Å². The summed E-state index contributed by atoms with van der Waals surface area (Å²) in [6, 6.07) is 14.8. The molecule has 0 fully saturated rings. The summed E-state index contributed by atoms with van der Waals surface area (Å²) in [6.45, 7) is 2.10. The molecule has 1 unspecified atom stereocenters. The molecule has 0 radical (unpaired) electrons. The number of benzene rings is 2. The van der Waals surface area contributed by atoms with E-state index in [9.17, 15) is 0 Å². The third-order valence-corrected chi connectivity index (χ3v) is 6.05. The number of aryl methyl sites for hydroxylation is 1. The Hall–Kier alpha value is -2.24. The smallest absolute Gasteiger partial charge is 0.226 e. The van der Waals surface area contributed by atoms with Gasteiger partial charge in [-0.25, -0.2) is 4.68 Å². The number of hydrogen-bond donors (Lipinski definition) is 1. The highest BCUT2D eigenvalue weighted by molar-refractivity contribution is 7.99. The summed E-state index contributed by atoms with van der Waals surface area (Å²) in [5.74, 6) is 1.68. The highest BCUT2D eigenvalue weighted by Crippen LogP contribution is 2.46. The molecule has 0 spiro atoms. The number of halogens is 1. The van der Waals surface area contributed by atoms with Crippen molar-refractivity contribution in [1.82, 2.24) is 14.8 Å². The van der Waals surface area contributed by atoms with Crippen LogP contribution in [0.5, 0.6) is 0 Å². The SMILES string of the molecule is Cc1ccc(C2C3=C(Nc4ncnn42)c2cc(Cl)ccc2SC3)cc1. The average Bonchev–Trinajstić information content (AvgIpc) is 3.09.